The number of hydrogen-bond donors (Lipinski definition) is 1. The second kappa shape index (κ2) is 4.16. The van der Waals surface area contributed by atoms with Gasteiger partial charge in [0.15, 0.2) is 6.10 Å². The van der Waals surface area contributed by atoms with Crippen LogP contribution in [0.1, 0.15) is 40.1 Å². The van der Waals surface area contributed by atoms with Gasteiger partial charge in [-0.1, -0.05) is 26.0 Å². The van der Waals surface area contributed by atoms with Crippen molar-refractivity contribution in [2.24, 2.45) is 0 Å². The number of benzene rings is 1. The smallest absolute Gasteiger partial charge is 0.265 e. The van der Waals surface area contributed by atoms with Crippen LogP contribution in [-0.2, 0) is 4.79 Å². The Balaban J connectivity index is 0.00000144. The highest BCUT2D eigenvalue weighted by molar-refractivity contribution is 5.98. The normalized spacial score (nSPS) is 20.7. The average Bonchev–Trinajstić information content (AvgIpc) is 2.29. The summed E-state index contributed by atoms with van der Waals surface area (Å²) in [4.78, 5) is 11.6. The highest BCUT2D eigenvalue weighted by atomic mass is 16.5. The lowest BCUT2D eigenvalue weighted by Gasteiger charge is -2.26. The van der Waals surface area contributed by atoms with Crippen LogP contribution in [0, 0.1) is 0 Å². The van der Waals surface area contributed by atoms with Gasteiger partial charge in [0.1, 0.15) is 5.75 Å². The molecule has 2 atom stereocenters. The summed E-state index contributed by atoms with van der Waals surface area (Å²) < 4.78 is 5.57. The van der Waals surface area contributed by atoms with Gasteiger partial charge in [0.25, 0.3) is 5.91 Å². The van der Waals surface area contributed by atoms with Crippen LogP contribution in [0.25, 0.3) is 0 Å². The Morgan fingerprint density at radius 1 is 1.56 bits per heavy atom. The van der Waals surface area contributed by atoms with E-state index in [1.807, 2.05) is 18.2 Å². The molecule has 1 aromatic rings. The minimum Gasteiger partial charge on any atom is -0.479 e. The molecule has 0 bridgehead atoms. The lowest BCUT2D eigenvalue weighted by Crippen LogP contribution is -2.35. The molecule has 0 saturated carbocycles. The number of carbonyl (C=O) groups is 1. The van der Waals surface area contributed by atoms with Gasteiger partial charge < -0.3 is 10.1 Å². The van der Waals surface area contributed by atoms with E-state index in [1.165, 1.54) is 0 Å². The standard InChI is InChI=1S/C13H17NO2.H2/c1-4-8(2)10-6-5-7-11-12(10)14-13(15)9(3)16-11;/h5-9H,4H2,1-3H3,(H,14,15);1H. The first-order valence-corrected chi connectivity index (χ1v) is 5.74. The predicted molar refractivity (Wildman–Crippen MR) is 66.0 cm³/mol. The van der Waals surface area contributed by atoms with E-state index in [1.54, 1.807) is 6.92 Å². The maximum Gasteiger partial charge on any atom is 0.265 e. The van der Waals surface area contributed by atoms with Crippen LogP contribution < -0.4 is 10.1 Å². The van der Waals surface area contributed by atoms with Crippen molar-refractivity contribution in [2.75, 3.05) is 5.32 Å². The number of hydrogen-bond acceptors (Lipinski definition) is 2. The number of carbonyl (C=O) groups excluding carboxylic acids is 1. The van der Waals surface area contributed by atoms with Crippen molar-refractivity contribution in [2.45, 2.75) is 39.2 Å². The Morgan fingerprint density at radius 3 is 3.00 bits per heavy atom. The summed E-state index contributed by atoms with van der Waals surface area (Å²) in [5.41, 5.74) is 2.00. The third-order valence-corrected chi connectivity index (χ3v) is 3.12. The van der Waals surface area contributed by atoms with Gasteiger partial charge in [-0.2, -0.15) is 0 Å². The van der Waals surface area contributed by atoms with Gasteiger partial charge in [-0.15, -0.1) is 0 Å². The molecule has 0 fully saturated rings. The summed E-state index contributed by atoms with van der Waals surface area (Å²) in [5, 5.41) is 2.93. The summed E-state index contributed by atoms with van der Waals surface area (Å²) in [6.45, 7) is 6.05. The molecule has 2 rings (SSSR count). The minimum absolute atomic E-state index is 0. The first-order chi connectivity index (χ1) is 7.63. The molecular weight excluding hydrogens is 202 g/mol. The van der Waals surface area contributed by atoms with E-state index in [4.69, 9.17) is 4.74 Å². The molecule has 0 radical (unpaired) electrons. The van der Waals surface area contributed by atoms with Gasteiger partial charge >= 0.3 is 0 Å². The second-order valence-electron chi connectivity index (χ2n) is 4.28. The number of ether oxygens (including phenoxy) is 1. The van der Waals surface area contributed by atoms with Crippen molar-refractivity contribution in [1.82, 2.24) is 0 Å². The van der Waals surface area contributed by atoms with Crippen LogP contribution in [0.3, 0.4) is 0 Å². The molecule has 1 N–H and O–H groups in total. The lowest BCUT2D eigenvalue weighted by molar-refractivity contribution is -0.122. The zero-order chi connectivity index (χ0) is 11.7. The average molecular weight is 221 g/mol. The van der Waals surface area contributed by atoms with Crippen molar-refractivity contribution in [3.8, 4) is 5.75 Å². The van der Waals surface area contributed by atoms with Gasteiger partial charge in [0, 0.05) is 1.43 Å². The SMILES string of the molecule is CCC(C)c1cccc2c1NC(=O)C(C)O2.[HH]. The number of anilines is 1. The zero-order valence-electron chi connectivity index (χ0n) is 9.91. The van der Waals surface area contributed by atoms with E-state index in [9.17, 15) is 4.79 Å². The summed E-state index contributed by atoms with van der Waals surface area (Å²) in [5.74, 6) is 1.14. The Hall–Kier alpha value is -1.51. The number of fused-ring (bicyclic) bond motifs is 1. The van der Waals surface area contributed by atoms with E-state index in [0.717, 1.165) is 23.4 Å². The van der Waals surface area contributed by atoms with Crippen LogP contribution in [0.4, 0.5) is 5.69 Å². The molecule has 16 heavy (non-hydrogen) atoms. The van der Waals surface area contributed by atoms with E-state index in [-0.39, 0.29) is 7.33 Å². The molecule has 0 saturated heterocycles. The molecule has 2 unspecified atom stereocenters. The first kappa shape index (κ1) is 11.0. The van der Waals surface area contributed by atoms with Crippen molar-refractivity contribution < 1.29 is 11.0 Å². The van der Waals surface area contributed by atoms with Crippen molar-refractivity contribution in [3.05, 3.63) is 23.8 Å². The molecule has 1 aliphatic heterocycles. The molecule has 3 nitrogen and oxygen atoms in total. The van der Waals surface area contributed by atoms with Crippen molar-refractivity contribution in [1.29, 1.82) is 0 Å². The second-order valence-corrected chi connectivity index (χ2v) is 4.28. The Labute approximate surface area is 97.3 Å². The predicted octanol–water partition coefficient (Wildman–Crippen LogP) is 3.17. The quantitative estimate of drug-likeness (QED) is 0.833. The molecule has 3 heteroatoms. The summed E-state index contributed by atoms with van der Waals surface area (Å²) in [7, 11) is 0. The number of rotatable bonds is 2. The van der Waals surface area contributed by atoms with Crippen LogP contribution in [0.15, 0.2) is 18.2 Å². The molecule has 1 heterocycles. The van der Waals surface area contributed by atoms with Crippen LogP contribution in [0.2, 0.25) is 0 Å². The summed E-state index contributed by atoms with van der Waals surface area (Å²) in [6, 6.07) is 5.92. The molecule has 1 amide bonds. The third-order valence-electron chi connectivity index (χ3n) is 3.12. The van der Waals surface area contributed by atoms with E-state index < -0.39 is 6.10 Å². The van der Waals surface area contributed by atoms with Crippen LogP contribution in [-0.4, -0.2) is 12.0 Å². The lowest BCUT2D eigenvalue weighted by atomic mass is 9.95. The van der Waals surface area contributed by atoms with E-state index >= 15 is 0 Å². The van der Waals surface area contributed by atoms with Crippen LogP contribution in [0.5, 0.6) is 5.75 Å². The first-order valence-electron chi connectivity index (χ1n) is 5.74. The molecular formula is C13H19NO2. The Kier molecular flexibility index (Phi) is 2.86. The highest BCUT2D eigenvalue weighted by Gasteiger charge is 2.26. The Morgan fingerprint density at radius 2 is 2.31 bits per heavy atom. The fourth-order valence-corrected chi connectivity index (χ4v) is 1.88. The van der Waals surface area contributed by atoms with Crippen molar-refractivity contribution >= 4 is 11.6 Å². The van der Waals surface area contributed by atoms with E-state index in [0.29, 0.717) is 5.92 Å². The van der Waals surface area contributed by atoms with Gasteiger partial charge in [-0.05, 0) is 30.9 Å². The number of amides is 1. The fourth-order valence-electron chi connectivity index (χ4n) is 1.88. The molecule has 0 aromatic heterocycles. The van der Waals surface area contributed by atoms with Crippen molar-refractivity contribution in [3.63, 3.8) is 0 Å². The largest absolute Gasteiger partial charge is 0.479 e. The highest BCUT2D eigenvalue weighted by Crippen LogP contribution is 2.37. The van der Waals surface area contributed by atoms with Gasteiger partial charge in [-0.25, -0.2) is 0 Å². The maximum absolute atomic E-state index is 11.6. The molecule has 0 aliphatic carbocycles. The fraction of sp³-hybridized carbons (Fsp3) is 0.462. The topological polar surface area (TPSA) is 38.3 Å². The third kappa shape index (κ3) is 1.77. The minimum atomic E-state index is -0.403. The summed E-state index contributed by atoms with van der Waals surface area (Å²) in [6.07, 6.45) is 0.640. The van der Waals surface area contributed by atoms with Gasteiger partial charge in [0.05, 0.1) is 5.69 Å². The maximum atomic E-state index is 11.6. The summed E-state index contributed by atoms with van der Waals surface area (Å²) >= 11 is 0. The zero-order valence-corrected chi connectivity index (χ0v) is 9.91. The Bertz CT molecular complexity index is 420. The van der Waals surface area contributed by atoms with Gasteiger partial charge in [-0.3, -0.25) is 4.79 Å². The van der Waals surface area contributed by atoms with Crippen LogP contribution >= 0.6 is 0 Å². The molecule has 1 aliphatic rings. The molecule has 88 valence electrons. The van der Waals surface area contributed by atoms with Gasteiger partial charge in [0.2, 0.25) is 0 Å². The monoisotopic (exact) mass is 221 g/mol. The molecule has 0 spiro atoms. The number of nitrogens with one attached hydrogen (secondary N) is 1. The molecule has 1 aromatic carbocycles. The van der Waals surface area contributed by atoms with E-state index in [2.05, 4.69) is 19.2 Å². The number of para-hydroxylation sites is 1.